The van der Waals surface area contributed by atoms with Gasteiger partial charge in [0.15, 0.2) is 23.4 Å². The first-order valence-corrected chi connectivity index (χ1v) is 10.2. The van der Waals surface area contributed by atoms with E-state index < -0.39 is 12.1 Å². The zero-order valence-corrected chi connectivity index (χ0v) is 17.9. The van der Waals surface area contributed by atoms with Crippen LogP contribution in [0.15, 0.2) is 53.3 Å². The van der Waals surface area contributed by atoms with Crippen LogP contribution in [-0.2, 0) is 9.53 Å². The molecule has 0 spiro atoms. The number of hydrogen-bond donors (Lipinski definition) is 1. The maximum Gasteiger partial charge on any atom is 0.331 e. The van der Waals surface area contributed by atoms with Gasteiger partial charge in [-0.05, 0) is 49.2 Å². The van der Waals surface area contributed by atoms with Crippen LogP contribution in [-0.4, -0.2) is 29.7 Å². The average molecular weight is 422 g/mol. The third-order valence-electron chi connectivity index (χ3n) is 4.66. The van der Waals surface area contributed by atoms with Gasteiger partial charge in [0.1, 0.15) is 0 Å². The molecule has 31 heavy (non-hydrogen) atoms. The van der Waals surface area contributed by atoms with Crippen molar-refractivity contribution in [3.05, 3.63) is 70.3 Å². The van der Waals surface area contributed by atoms with Gasteiger partial charge in [-0.3, -0.25) is 4.79 Å². The predicted molar refractivity (Wildman–Crippen MR) is 119 cm³/mol. The maximum absolute atomic E-state index is 12.3. The molecule has 0 aliphatic carbocycles. The molecule has 1 aromatic heterocycles. The fraction of sp³-hybridized carbons (Fsp3) is 0.292. The van der Waals surface area contributed by atoms with Gasteiger partial charge in [0.2, 0.25) is 0 Å². The van der Waals surface area contributed by atoms with Crippen LogP contribution in [0.2, 0.25) is 0 Å². The molecule has 2 aromatic carbocycles. The first-order valence-electron chi connectivity index (χ1n) is 10.2. The molecule has 162 valence electrons. The second-order valence-corrected chi connectivity index (χ2v) is 6.99. The number of H-pyrrole nitrogens is 1. The number of rotatable bonds is 9. The molecule has 1 atom stereocenters. The third kappa shape index (κ3) is 5.72. The van der Waals surface area contributed by atoms with Gasteiger partial charge < -0.3 is 19.2 Å². The van der Waals surface area contributed by atoms with Crippen molar-refractivity contribution in [3.63, 3.8) is 0 Å². The monoisotopic (exact) mass is 422 g/mol. The van der Waals surface area contributed by atoms with Crippen molar-refractivity contribution in [2.75, 3.05) is 13.7 Å². The van der Waals surface area contributed by atoms with Crippen molar-refractivity contribution in [2.24, 2.45) is 0 Å². The number of nitrogens with zero attached hydrogens (tertiary/aromatic N) is 1. The Kier molecular flexibility index (Phi) is 7.43. The lowest BCUT2D eigenvalue weighted by Gasteiger charge is -2.12. The predicted octanol–water partition coefficient (Wildman–Crippen LogP) is 4.43. The summed E-state index contributed by atoms with van der Waals surface area (Å²) in [7, 11) is 1.57. The van der Waals surface area contributed by atoms with E-state index in [0.717, 1.165) is 18.4 Å². The summed E-state index contributed by atoms with van der Waals surface area (Å²) < 4.78 is 16.5. The molecule has 3 aromatic rings. The van der Waals surface area contributed by atoms with Crippen molar-refractivity contribution < 1.29 is 19.0 Å². The van der Waals surface area contributed by atoms with Gasteiger partial charge in [0.25, 0.3) is 5.56 Å². The molecule has 0 amide bonds. The van der Waals surface area contributed by atoms with Gasteiger partial charge in [0, 0.05) is 6.08 Å². The average Bonchev–Trinajstić information content (AvgIpc) is 2.78. The summed E-state index contributed by atoms with van der Waals surface area (Å²) >= 11 is 0. The minimum atomic E-state index is -0.710. The number of benzene rings is 2. The molecule has 3 rings (SSSR count). The fourth-order valence-electron chi connectivity index (χ4n) is 2.96. The highest BCUT2D eigenvalue weighted by Gasteiger charge is 2.14. The third-order valence-corrected chi connectivity index (χ3v) is 4.66. The highest BCUT2D eigenvalue weighted by atomic mass is 16.5. The van der Waals surface area contributed by atoms with E-state index in [1.165, 1.54) is 6.08 Å². The lowest BCUT2D eigenvalue weighted by atomic mass is 10.2. The summed E-state index contributed by atoms with van der Waals surface area (Å²) in [5.74, 6) is 1.000. The van der Waals surface area contributed by atoms with Crippen LogP contribution in [0.5, 0.6) is 11.5 Å². The number of nitrogens with one attached hydrogen (secondary N) is 1. The molecule has 1 N–H and O–H groups in total. The fourth-order valence-corrected chi connectivity index (χ4v) is 2.96. The van der Waals surface area contributed by atoms with E-state index in [1.807, 2.05) is 12.1 Å². The standard InChI is InChI=1S/C24H26N2O5/c1-4-5-14-30-20-12-10-17(15-21(20)29-3)11-13-22(27)31-16(2)23-25-19-9-7-6-8-18(19)24(28)26-23/h6-13,15-16H,4-5,14H2,1-3H3,(H,25,26,28)/b13-11+/t16-/m1/s1. The molecule has 0 saturated carbocycles. The lowest BCUT2D eigenvalue weighted by molar-refractivity contribution is -0.142. The molecule has 0 aliphatic rings. The highest BCUT2D eigenvalue weighted by Crippen LogP contribution is 2.28. The molecule has 0 bridgehead atoms. The van der Waals surface area contributed by atoms with Crippen LogP contribution in [0.1, 0.15) is 44.2 Å². The molecule has 0 fully saturated rings. The Morgan fingerprint density at radius 3 is 2.77 bits per heavy atom. The highest BCUT2D eigenvalue weighted by molar-refractivity contribution is 5.87. The minimum Gasteiger partial charge on any atom is -0.493 e. The molecule has 0 saturated heterocycles. The maximum atomic E-state index is 12.3. The summed E-state index contributed by atoms with van der Waals surface area (Å²) in [6.45, 7) is 4.38. The van der Waals surface area contributed by atoms with Crippen LogP contribution >= 0.6 is 0 Å². The summed E-state index contributed by atoms with van der Waals surface area (Å²) in [4.78, 5) is 31.5. The SMILES string of the molecule is CCCCOc1ccc(/C=C/C(=O)O[C@H](C)c2nc3ccccc3c(=O)[nH]2)cc1OC. The topological polar surface area (TPSA) is 90.5 Å². The van der Waals surface area contributed by atoms with E-state index in [-0.39, 0.29) is 5.56 Å². The van der Waals surface area contributed by atoms with E-state index in [2.05, 4.69) is 16.9 Å². The van der Waals surface area contributed by atoms with Crippen LogP contribution in [0, 0.1) is 0 Å². The van der Waals surface area contributed by atoms with Gasteiger partial charge in [-0.25, -0.2) is 9.78 Å². The molecule has 0 unspecified atom stereocenters. The molecule has 7 nitrogen and oxygen atoms in total. The lowest BCUT2D eigenvalue weighted by Crippen LogP contribution is -2.16. The normalized spacial score (nSPS) is 12.1. The zero-order chi connectivity index (χ0) is 22.2. The van der Waals surface area contributed by atoms with Crippen molar-refractivity contribution >= 4 is 22.9 Å². The Balaban J connectivity index is 1.66. The largest absolute Gasteiger partial charge is 0.493 e. The molecule has 0 aliphatic heterocycles. The molecular weight excluding hydrogens is 396 g/mol. The number of unbranched alkanes of at least 4 members (excludes halogenated alkanes) is 1. The van der Waals surface area contributed by atoms with Gasteiger partial charge in [-0.15, -0.1) is 0 Å². The summed E-state index contributed by atoms with van der Waals surface area (Å²) in [6.07, 6.45) is 4.25. The van der Waals surface area contributed by atoms with Gasteiger partial charge >= 0.3 is 5.97 Å². The number of carbonyl (C=O) groups is 1. The van der Waals surface area contributed by atoms with Crippen molar-refractivity contribution in [1.29, 1.82) is 0 Å². The Bertz CT molecular complexity index is 1140. The number of aromatic amines is 1. The number of fused-ring (bicyclic) bond motifs is 1. The van der Waals surface area contributed by atoms with E-state index in [4.69, 9.17) is 14.2 Å². The Morgan fingerprint density at radius 1 is 1.19 bits per heavy atom. The van der Waals surface area contributed by atoms with E-state index in [0.29, 0.717) is 34.8 Å². The van der Waals surface area contributed by atoms with Crippen LogP contribution < -0.4 is 15.0 Å². The van der Waals surface area contributed by atoms with E-state index in [9.17, 15) is 9.59 Å². The quantitative estimate of drug-likeness (QED) is 0.312. The Labute approximate surface area is 180 Å². The van der Waals surface area contributed by atoms with Gasteiger partial charge in [0.05, 0.1) is 24.6 Å². The Morgan fingerprint density at radius 2 is 2.00 bits per heavy atom. The van der Waals surface area contributed by atoms with Crippen LogP contribution in [0.4, 0.5) is 0 Å². The minimum absolute atomic E-state index is 0.271. The van der Waals surface area contributed by atoms with E-state index >= 15 is 0 Å². The molecular formula is C24H26N2O5. The molecule has 0 radical (unpaired) electrons. The van der Waals surface area contributed by atoms with Crippen LogP contribution in [0.25, 0.3) is 17.0 Å². The number of hydrogen-bond acceptors (Lipinski definition) is 6. The second kappa shape index (κ2) is 10.4. The van der Waals surface area contributed by atoms with Gasteiger partial charge in [-0.2, -0.15) is 0 Å². The zero-order valence-electron chi connectivity index (χ0n) is 17.9. The summed E-state index contributed by atoms with van der Waals surface area (Å²) in [6, 6.07) is 12.4. The van der Waals surface area contributed by atoms with Crippen molar-refractivity contribution in [3.8, 4) is 11.5 Å². The van der Waals surface area contributed by atoms with Crippen molar-refractivity contribution in [1.82, 2.24) is 9.97 Å². The molecule has 7 heteroatoms. The van der Waals surface area contributed by atoms with Crippen LogP contribution in [0.3, 0.4) is 0 Å². The summed E-state index contributed by atoms with van der Waals surface area (Å²) in [5, 5.41) is 0.487. The number of aromatic nitrogens is 2. The molecule has 1 heterocycles. The summed E-state index contributed by atoms with van der Waals surface area (Å²) in [5.41, 5.74) is 1.04. The number of methoxy groups -OCH3 is 1. The first-order chi connectivity index (χ1) is 15.0. The Hall–Kier alpha value is -3.61. The smallest absolute Gasteiger partial charge is 0.331 e. The number of ether oxygens (including phenoxy) is 3. The van der Waals surface area contributed by atoms with Crippen molar-refractivity contribution in [2.45, 2.75) is 32.8 Å². The van der Waals surface area contributed by atoms with Gasteiger partial charge in [-0.1, -0.05) is 31.5 Å². The first kappa shape index (κ1) is 22.1. The number of carbonyl (C=O) groups excluding carboxylic acids is 1. The number of esters is 1. The van der Waals surface area contributed by atoms with E-state index in [1.54, 1.807) is 50.4 Å². The number of para-hydroxylation sites is 1. The second-order valence-electron chi connectivity index (χ2n) is 6.99.